The van der Waals surface area contributed by atoms with Gasteiger partial charge in [-0.3, -0.25) is 0 Å². The van der Waals surface area contributed by atoms with Gasteiger partial charge in [0, 0.05) is 12.1 Å². The van der Waals surface area contributed by atoms with Crippen molar-refractivity contribution in [3.63, 3.8) is 0 Å². The highest BCUT2D eigenvalue weighted by molar-refractivity contribution is 5.75. The van der Waals surface area contributed by atoms with Crippen LogP contribution < -0.4 is 5.73 Å². The molecule has 0 unspecified atom stereocenters. The summed E-state index contributed by atoms with van der Waals surface area (Å²) in [5.41, 5.74) is 7.26. The van der Waals surface area contributed by atoms with Gasteiger partial charge in [-0.1, -0.05) is 18.7 Å². The zero-order chi connectivity index (χ0) is 10.3. The van der Waals surface area contributed by atoms with Gasteiger partial charge in [0.15, 0.2) is 0 Å². The van der Waals surface area contributed by atoms with Gasteiger partial charge < -0.3 is 10.5 Å². The Balaban J connectivity index is 4.18. The van der Waals surface area contributed by atoms with Gasteiger partial charge in [-0.05, 0) is 31.9 Å². The number of hydrogen-bond donors (Lipinski definition) is 1. The number of hydrogen-bond acceptors (Lipinski definition) is 2. The van der Waals surface area contributed by atoms with Crippen LogP contribution in [0.2, 0.25) is 0 Å². The lowest BCUT2D eigenvalue weighted by Gasteiger charge is -1.97. The molecule has 0 radical (unpaired) electrons. The largest absolute Gasteiger partial charge is 0.402 e. The summed E-state index contributed by atoms with van der Waals surface area (Å²) in [6.45, 7) is 7.08. The molecule has 0 aliphatic heterocycles. The van der Waals surface area contributed by atoms with Gasteiger partial charge >= 0.3 is 0 Å². The first-order valence-corrected chi connectivity index (χ1v) is 4.31. The summed E-state index contributed by atoms with van der Waals surface area (Å²) in [6.07, 6.45) is 6.77. The zero-order valence-corrected chi connectivity index (χ0v) is 8.34. The molecule has 0 aliphatic rings. The average molecular weight is 179 g/mol. The van der Waals surface area contributed by atoms with Crippen LogP contribution in [0.1, 0.15) is 26.7 Å². The van der Waals surface area contributed by atoms with Crippen LogP contribution in [0.5, 0.6) is 0 Å². The van der Waals surface area contributed by atoms with E-state index >= 15 is 0 Å². The molecule has 72 valence electrons. The van der Waals surface area contributed by atoms with E-state index in [2.05, 4.69) is 6.58 Å². The molecule has 0 rings (SSSR count). The Labute approximate surface area is 79.8 Å². The molecule has 2 N–H and O–H groups in total. The number of carbonyl (C=O) groups excluding carboxylic acids is 1. The molecular weight excluding hydrogens is 162 g/mol. The third kappa shape index (κ3) is 7.06. The maximum atomic E-state index is 10.7. The molecule has 0 aromatic heterocycles. The fourth-order valence-electron chi connectivity index (χ4n) is 0.812. The molecule has 13 heavy (non-hydrogen) atoms. The summed E-state index contributed by atoms with van der Waals surface area (Å²) >= 11 is 0. The van der Waals surface area contributed by atoms with E-state index < -0.39 is 0 Å². The van der Waals surface area contributed by atoms with E-state index in [4.69, 9.17) is 5.73 Å². The van der Waals surface area contributed by atoms with Crippen LogP contribution in [0, 0.1) is 0 Å². The van der Waals surface area contributed by atoms with E-state index in [1.165, 1.54) is 0 Å². The van der Waals surface area contributed by atoms with E-state index in [1.807, 2.05) is 19.1 Å². The Hall–Kier alpha value is -1.31. The Kier molecular flexibility index (Phi) is 5.60. The summed E-state index contributed by atoms with van der Waals surface area (Å²) in [5.74, 6) is 0.196. The van der Waals surface area contributed by atoms with Crippen molar-refractivity contribution in [1.29, 1.82) is 0 Å². The van der Waals surface area contributed by atoms with E-state index in [9.17, 15) is 4.79 Å². The molecule has 0 saturated heterocycles. The van der Waals surface area contributed by atoms with Gasteiger partial charge in [-0.2, -0.15) is 0 Å². The maximum Gasteiger partial charge on any atom is 0.130 e. The third-order valence-corrected chi connectivity index (χ3v) is 1.59. The van der Waals surface area contributed by atoms with Gasteiger partial charge in [0.05, 0.1) is 0 Å². The van der Waals surface area contributed by atoms with E-state index in [0.717, 1.165) is 17.7 Å². The standard InChI is InChI=1S/C11H17NO/c1-4-11(7-5-9(2)12)8-6-10(3)13/h4-5,7H,1,6,8,12H2,2-3H3/b9-5-,11-7+. The summed E-state index contributed by atoms with van der Waals surface area (Å²) in [7, 11) is 0. The predicted molar refractivity (Wildman–Crippen MR) is 56.1 cm³/mol. The minimum atomic E-state index is 0.196. The zero-order valence-electron chi connectivity index (χ0n) is 8.34. The summed E-state index contributed by atoms with van der Waals surface area (Å²) in [6, 6.07) is 0. The molecule has 0 fully saturated rings. The highest BCUT2D eigenvalue weighted by Gasteiger charge is 1.95. The minimum Gasteiger partial charge on any atom is -0.402 e. The molecule has 0 spiro atoms. The average Bonchev–Trinajstić information content (AvgIpc) is 2.04. The van der Waals surface area contributed by atoms with Gasteiger partial charge in [0.1, 0.15) is 5.78 Å². The quantitative estimate of drug-likeness (QED) is 0.658. The predicted octanol–water partition coefficient (Wildman–Crippen LogP) is 2.33. The second-order valence-electron chi connectivity index (χ2n) is 3.06. The van der Waals surface area contributed by atoms with Crippen molar-refractivity contribution in [2.45, 2.75) is 26.7 Å². The van der Waals surface area contributed by atoms with E-state index in [1.54, 1.807) is 13.0 Å². The molecule has 0 aliphatic carbocycles. The lowest BCUT2D eigenvalue weighted by molar-refractivity contribution is -0.116. The van der Waals surface area contributed by atoms with Crippen molar-refractivity contribution in [3.05, 3.63) is 36.1 Å². The van der Waals surface area contributed by atoms with Crippen molar-refractivity contribution in [3.8, 4) is 0 Å². The second kappa shape index (κ2) is 6.23. The van der Waals surface area contributed by atoms with Crippen molar-refractivity contribution in [1.82, 2.24) is 0 Å². The molecule has 0 bridgehead atoms. The van der Waals surface area contributed by atoms with Gasteiger partial charge in [0.2, 0.25) is 0 Å². The monoisotopic (exact) mass is 179 g/mol. The van der Waals surface area contributed by atoms with Crippen LogP contribution >= 0.6 is 0 Å². The molecule has 0 amide bonds. The van der Waals surface area contributed by atoms with Crippen LogP contribution in [0.3, 0.4) is 0 Å². The first kappa shape index (κ1) is 11.7. The number of carbonyl (C=O) groups is 1. The number of Topliss-reactive ketones (excluding diaryl/α,β-unsaturated/α-hetero) is 1. The fourth-order valence-corrected chi connectivity index (χ4v) is 0.812. The molecule has 0 aromatic rings. The number of ketones is 1. The molecule has 0 aromatic carbocycles. The van der Waals surface area contributed by atoms with Gasteiger partial charge in [-0.25, -0.2) is 0 Å². The SMILES string of the molecule is C=C/C(=C\C=C(\C)N)CCC(C)=O. The lowest BCUT2D eigenvalue weighted by Crippen LogP contribution is -1.91. The van der Waals surface area contributed by atoms with E-state index in [0.29, 0.717) is 6.42 Å². The topological polar surface area (TPSA) is 43.1 Å². The highest BCUT2D eigenvalue weighted by Crippen LogP contribution is 2.07. The fraction of sp³-hybridized carbons (Fsp3) is 0.364. The number of nitrogens with two attached hydrogens (primary N) is 1. The smallest absolute Gasteiger partial charge is 0.130 e. The summed E-state index contributed by atoms with van der Waals surface area (Å²) in [5, 5.41) is 0. The number of rotatable bonds is 5. The molecule has 0 atom stereocenters. The first-order chi connectivity index (χ1) is 6.06. The van der Waals surface area contributed by atoms with Crippen LogP contribution in [0.15, 0.2) is 36.1 Å². The van der Waals surface area contributed by atoms with E-state index in [-0.39, 0.29) is 5.78 Å². The van der Waals surface area contributed by atoms with Crippen molar-refractivity contribution < 1.29 is 4.79 Å². The van der Waals surface area contributed by atoms with Crippen molar-refractivity contribution >= 4 is 5.78 Å². The molecule has 2 nitrogen and oxygen atoms in total. The summed E-state index contributed by atoms with van der Waals surface area (Å²) in [4.78, 5) is 10.7. The molecular formula is C11H17NO. The van der Waals surface area contributed by atoms with Gasteiger partial charge in [0.25, 0.3) is 0 Å². The molecule has 0 heterocycles. The summed E-state index contributed by atoms with van der Waals surface area (Å²) < 4.78 is 0. The van der Waals surface area contributed by atoms with Crippen molar-refractivity contribution in [2.24, 2.45) is 5.73 Å². The minimum absolute atomic E-state index is 0.196. The lowest BCUT2D eigenvalue weighted by atomic mass is 10.1. The van der Waals surface area contributed by atoms with Crippen LogP contribution in [-0.2, 0) is 4.79 Å². The highest BCUT2D eigenvalue weighted by atomic mass is 16.1. The molecule has 0 saturated carbocycles. The Morgan fingerprint density at radius 2 is 1.92 bits per heavy atom. The Morgan fingerprint density at radius 1 is 1.31 bits per heavy atom. The first-order valence-electron chi connectivity index (χ1n) is 4.31. The Bertz CT molecular complexity index is 245. The number of allylic oxidation sites excluding steroid dienone is 5. The van der Waals surface area contributed by atoms with Crippen LogP contribution in [0.25, 0.3) is 0 Å². The normalized spacial score (nSPS) is 12.8. The Morgan fingerprint density at radius 3 is 2.31 bits per heavy atom. The van der Waals surface area contributed by atoms with Crippen LogP contribution in [-0.4, -0.2) is 5.78 Å². The second-order valence-corrected chi connectivity index (χ2v) is 3.06. The van der Waals surface area contributed by atoms with Crippen LogP contribution in [0.4, 0.5) is 0 Å². The van der Waals surface area contributed by atoms with Gasteiger partial charge in [-0.15, -0.1) is 0 Å². The maximum absolute atomic E-state index is 10.7. The van der Waals surface area contributed by atoms with Crippen molar-refractivity contribution in [2.75, 3.05) is 0 Å². The molecule has 2 heteroatoms. The third-order valence-electron chi connectivity index (χ3n) is 1.59.